The molecule has 0 saturated heterocycles. The van der Waals surface area contributed by atoms with Crippen molar-refractivity contribution in [3.8, 4) is 11.5 Å². The van der Waals surface area contributed by atoms with E-state index in [0.29, 0.717) is 16.7 Å². The Morgan fingerprint density at radius 2 is 1.35 bits per heavy atom. The van der Waals surface area contributed by atoms with Gasteiger partial charge in [-0.3, -0.25) is 14.4 Å². The van der Waals surface area contributed by atoms with Gasteiger partial charge in [-0.1, -0.05) is 66.7 Å². The minimum Gasteiger partial charge on any atom is -0.508 e. The molecule has 34 heavy (non-hydrogen) atoms. The number of carbonyl (C=O) groups excluding carboxylic acids is 3. The Morgan fingerprint density at radius 3 is 1.97 bits per heavy atom. The molecule has 3 aromatic carbocycles. The fraction of sp³-hybridized carbons (Fsp3) is 0.107. The second kappa shape index (κ2) is 11.4. The predicted molar refractivity (Wildman–Crippen MR) is 131 cm³/mol. The van der Waals surface area contributed by atoms with Crippen molar-refractivity contribution in [2.24, 2.45) is 5.92 Å². The van der Waals surface area contributed by atoms with Crippen LogP contribution < -0.4 is 5.32 Å². The van der Waals surface area contributed by atoms with E-state index < -0.39 is 23.5 Å². The minimum absolute atomic E-state index is 0.00289. The zero-order chi connectivity index (χ0) is 24.5. The number of para-hydroxylation sites is 1. The summed E-state index contributed by atoms with van der Waals surface area (Å²) in [6, 6.07) is 20.7. The first-order valence-corrected chi connectivity index (χ1v) is 10.7. The van der Waals surface area contributed by atoms with E-state index in [9.17, 15) is 24.6 Å². The number of ketones is 2. The van der Waals surface area contributed by atoms with Gasteiger partial charge in [-0.2, -0.15) is 0 Å². The van der Waals surface area contributed by atoms with E-state index in [2.05, 4.69) is 5.32 Å². The molecule has 172 valence electrons. The molecule has 0 bridgehead atoms. The van der Waals surface area contributed by atoms with Crippen LogP contribution >= 0.6 is 0 Å². The monoisotopic (exact) mass is 455 g/mol. The standard InChI is InChI=1S/C28H25NO5/c1-19(30)29-28(22-8-3-2-4-9-22)27(25(33)17-13-20-11-15-23(31)16-12-20)26(34)18-14-21-7-5-6-10-24(21)32/h2-18,27-28,31-32H,1H3,(H,29,30)/b17-13+,18-14+. The fourth-order valence-corrected chi connectivity index (χ4v) is 3.48. The highest BCUT2D eigenvalue weighted by atomic mass is 16.3. The number of phenolic OH excluding ortho intramolecular Hbond substituents is 2. The van der Waals surface area contributed by atoms with Crippen molar-refractivity contribution in [3.05, 3.63) is 108 Å². The third kappa shape index (κ3) is 6.53. The number of hydrogen-bond donors (Lipinski definition) is 3. The molecule has 6 heteroatoms. The molecular formula is C28H25NO5. The van der Waals surface area contributed by atoms with E-state index >= 15 is 0 Å². The van der Waals surface area contributed by atoms with Gasteiger partial charge in [0.25, 0.3) is 0 Å². The molecule has 0 heterocycles. The largest absolute Gasteiger partial charge is 0.508 e. The molecule has 1 amide bonds. The van der Waals surface area contributed by atoms with E-state index in [1.165, 1.54) is 43.4 Å². The van der Waals surface area contributed by atoms with Gasteiger partial charge in [-0.25, -0.2) is 0 Å². The number of amides is 1. The summed E-state index contributed by atoms with van der Waals surface area (Å²) < 4.78 is 0. The summed E-state index contributed by atoms with van der Waals surface area (Å²) in [6.45, 7) is 1.33. The molecule has 3 aromatic rings. The van der Waals surface area contributed by atoms with Crippen LogP contribution in [0, 0.1) is 5.92 Å². The van der Waals surface area contributed by atoms with Gasteiger partial charge in [-0.15, -0.1) is 0 Å². The summed E-state index contributed by atoms with van der Waals surface area (Å²) in [5.74, 6) is -2.54. The Morgan fingerprint density at radius 1 is 0.765 bits per heavy atom. The molecule has 6 nitrogen and oxygen atoms in total. The first kappa shape index (κ1) is 24.2. The smallest absolute Gasteiger partial charge is 0.217 e. The van der Waals surface area contributed by atoms with Gasteiger partial charge in [0.1, 0.15) is 17.4 Å². The van der Waals surface area contributed by atoms with Crippen LogP contribution in [-0.4, -0.2) is 27.7 Å². The molecule has 0 aliphatic heterocycles. The Bertz CT molecular complexity index is 1210. The van der Waals surface area contributed by atoms with E-state index in [1.54, 1.807) is 66.7 Å². The van der Waals surface area contributed by atoms with Gasteiger partial charge in [0, 0.05) is 12.5 Å². The van der Waals surface area contributed by atoms with Crippen molar-refractivity contribution in [3.63, 3.8) is 0 Å². The van der Waals surface area contributed by atoms with E-state index in [1.807, 2.05) is 0 Å². The van der Waals surface area contributed by atoms with Crippen LogP contribution in [0.25, 0.3) is 12.2 Å². The first-order valence-electron chi connectivity index (χ1n) is 10.7. The molecule has 3 N–H and O–H groups in total. The lowest BCUT2D eigenvalue weighted by molar-refractivity contribution is -0.129. The Labute approximate surface area is 197 Å². The number of hydrogen-bond acceptors (Lipinski definition) is 5. The number of benzene rings is 3. The Balaban J connectivity index is 1.99. The fourth-order valence-electron chi connectivity index (χ4n) is 3.48. The van der Waals surface area contributed by atoms with Gasteiger partial charge >= 0.3 is 0 Å². The number of carbonyl (C=O) groups is 3. The lowest BCUT2D eigenvalue weighted by Crippen LogP contribution is -2.39. The molecule has 2 unspecified atom stereocenters. The molecule has 0 aliphatic carbocycles. The summed E-state index contributed by atoms with van der Waals surface area (Å²) in [5, 5.41) is 22.2. The molecule has 0 spiro atoms. The normalized spacial score (nSPS) is 13.0. The van der Waals surface area contributed by atoms with Crippen LogP contribution in [0.5, 0.6) is 11.5 Å². The number of rotatable bonds is 9. The zero-order valence-corrected chi connectivity index (χ0v) is 18.6. The van der Waals surface area contributed by atoms with Crippen LogP contribution in [0.2, 0.25) is 0 Å². The third-order valence-electron chi connectivity index (χ3n) is 5.16. The molecule has 0 fully saturated rings. The topological polar surface area (TPSA) is 104 Å². The highest BCUT2D eigenvalue weighted by Gasteiger charge is 2.33. The van der Waals surface area contributed by atoms with Crippen molar-refractivity contribution < 1.29 is 24.6 Å². The first-order chi connectivity index (χ1) is 16.3. The van der Waals surface area contributed by atoms with Crippen LogP contribution in [0.3, 0.4) is 0 Å². The van der Waals surface area contributed by atoms with E-state index in [-0.39, 0.29) is 17.4 Å². The second-order valence-electron chi connectivity index (χ2n) is 7.69. The molecule has 0 aromatic heterocycles. The quantitative estimate of drug-likeness (QED) is 0.327. The molecule has 3 rings (SSSR count). The van der Waals surface area contributed by atoms with Gasteiger partial charge < -0.3 is 15.5 Å². The maximum atomic E-state index is 13.3. The maximum absolute atomic E-state index is 13.3. The number of nitrogens with one attached hydrogen (secondary N) is 1. The highest BCUT2D eigenvalue weighted by Crippen LogP contribution is 2.26. The number of allylic oxidation sites excluding steroid dienone is 2. The summed E-state index contributed by atoms with van der Waals surface area (Å²) in [5.41, 5.74) is 1.70. The molecule has 0 saturated carbocycles. The molecule has 0 aliphatic rings. The predicted octanol–water partition coefficient (Wildman–Crippen LogP) is 4.46. The molecular weight excluding hydrogens is 430 g/mol. The third-order valence-corrected chi connectivity index (χ3v) is 5.16. The summed E-state index contributed by atoms with van der Waals surface area (Å²) in [6.07, 6.45) is 5.52. The lowest BCUT2D eigenvalue weighted by Gasteiger charge is -2.25. The Hall–Kier alpha value is -4.45. The van der Waals surface area contributed by atoms with Crippen molar-refractivity contribution in [2.75, 3.05) is 0 Å². The van der Waals surface area contributed by atoms with E-state index in [4.69, 9.17) is 0 Å². The molecule has 2 atom stereocenters. The molecule has 0 radical (unpaired) electrons. The zero-order valence-electron chi connectivity index (χ0n) is 18.6. The lowest BCUT2D eigenvalue weighted by atomic mass is 9.85. The SMILES string of the molecule is CC(=O)NC(c1ccccc1)C(C(=O)/C=C/c1ccc(O)cc1)C(=O)/C=C/c1ccccc1O. The van der Waals surface area contributed by atoms with Gasteiger partial charge in [0.15, 0.2) is 11.6 Å². The number of aromatic hydroxyl groups is 2. The summed E-state index contributed by atoms with van der Waals surface area (Å²) in [4.78, 5) is 38.6. The van der Waals surface area contributed by atoms with Gasteiger partial charge in [0.2, 0.25) is 5.91 Å². The van der Waals surface area contributed by atoms with Crippen molar-refractivity contribution in [1.82, 2.24) is 5.32 Å². The average molecular weight is 456 g/mol. The van der Waals surface area contributed by atoms with Gasteiger partial charge in [0.05, 0.1) is 6.04 Å². The van der Waals surface area contributed by atoms with Crippen LogP contribution in [0.1, 0.15) is 29.7 Å². The maximum Gasteiger partial charge on any atom is 0.217 e. The highest BCUT2D eigenvalue weighted by molar-refractivity contribution is 6.14. The average Bonchev–Trinajstić information content (AvgIpc) is 2.83. The summed E-state index contributed by atoms with van der Waals surface area (Å²) in [7, 11) is 0. The van der Waals surface area contributed by atoms with Crippen molar-refractivity contribution in [1.29, 1.82) is 0 Å². The number of phenols is 2. The van der Waals surface area contributed by atoms with Crippen LogP contribution in [-0.2, 0) is 14.4 Å². The van der Waals surface area contributed by atoms with Gasteiger partial charge in [-0.05, 0) is 47.6 Å². The summed E-state index contributed by atoms with van der Waals surface area (Å²) >= 11 is 0. The van der Waals surface area contributed by atoms with Crippen molar-refractivity contribution in [2.45, 2.75) is 13.0 Å². The van der Waals surface area contributed by atoms with Crippen molar-refractivity contribution >= 4 is 29.6 Å². The second-order valence-corrected chi connectivity index (χ2v) is 7.69. The van der Waals surface area contributed by atoms with Crippen LogP contribution in [0.15, 0.2) is 91.0 Å². The van der Waals surface area contributed by atoms with Crippen LogP contribution in [0.4, 0.5) is 0 Å². The Kier molecular flexibility index (Phi) is 8.13. The minimum atomic E-state index is -1.23. The van der Waals surface area contributed by atoms with E-state index in [0.717, 1.165) is 0 Å².